The summed E-state index contributed by atoms with van der Waals surface area (Å²) >= 11 is 0. The van der Waals surface area contributed by atoms with E-state index in [0.717, 1.165) is 37.3 Å². The predicted molar refractivity (Wildman–Crippen MR) is 142 cm³/mol. The van der Waals surface area contributed by atoms with Crippen LogP contribution in [0.15, 0.2) is 47.3 Å². The number of hydrogen-bond acceptors (Lipinski definition) is 4. The topological polar surface area (TPSA) is 98.1 Å². The summed E-state index contributed by atoms with van der Waals surface area (Å²) in [6, 6.07) is 14.4. The van der Waals surface area contributed by atoms with E-state index in [1.165, 1.54) is 10.5 Å². The second kappa shape index (κ2) is 9.76. The lowest BCUT2D eigenvalue weighted by Gasteiger charge is -2.37. The zero-order chi connectivity index (χ0) is 26.2. The molecule has 3 aliphatic heterocycles. The van der Waals surface area contributed by atoms with E-state index in [-0.39, 0.29) is 22.5 Å². The molecule has 5 rings (SSSR count). The molecule has 9 heteroatoms. The molecule has 1 aromatic heterocycles. The fourth-order valence-electron chi connectivity index (χ4n) is 6.39. The summed E-state index contributed by atoms with van der Waals surface area (Å²) in [7, 11) is 0. The number of piperidine rings is 1. The van der Waals surface area contributed by atoms with Crippen LogP contribution in [-0.2, 0) is 12.0 Å². The molecule has 4 heterocycles. The molecular weight excluding hydrogens is 470 g/mol. The fraction of sp³-hybridized carbons (Fsp3) is 0.536. The molecule has 1 aromatic carbocycles. The Morgan fingerprint density at radius 3 is 2.38 bits per heavy atom. The smallest absolute Gasteiger partial charge is 0.407 e. The first-order valence-corrected chi connectivity index (χ1v) is 13.3. The SMILES string of the molecule is CC[C@@]1(c2ccccc2)CCN(c2cc(C)n(CCN3CC4(CCN(C(=O)O)CC4)NC3=O)c(=O)c2)C1. The van der Waals surface area contributed by atoms with Crippen molar-refractivity contribution in [2.45, 2.75) is 57.0 Å². The quantitative estimate of drug-likeness (QED) is 0.626. The van der Waals surface area contributed by atoms with Crippen LogP contribution in [0, 0.1) is 6.92 Å². The third-order valence-corrected chi connectivity index (χ3v) is 8.84. The summed E-state index contributed by atoms with van der Waals surface area (Å²) in [6.07, 6.45) is 2.41. The van der Waals surface area contributed by atoms with Crippen LogP contribution in [0.5, 0.6) is 0 Å². The van der Waals surface area contributed by atoms with E-state index in [0.29, 0.717) is 45.6 Å². The van der Waals surface area contributed by atoms with Crippen molar-refractivity contribution in [3.05, 3.63) is 64.1 Å². The zero-order valence-electron chi connectivity index (χ0n) is 21.8. The average molecular weight is 508 g/mol. The Balaban J connectivity index is 1.24. The largest absolute Gasteiger partial charge is 0.465 e. The summed E-state index contributed by atoms with van der Waals surface area (Å²) in [6.45, 7) is 8.26. The molecule has 37 heavy (non-hydrogen) atoms. The lowest BCUT2D eigenvalue weighted by Crippen LogP contribution is -2.53. The predicted octanol–water partition coefficient (Wildman–Crippen LogP) is 3.25. The van der Waals surface area contributed by atoms with E-state index in [4.69, 9.17) is 0 Å². The van der Waals surface area contributed by atoms with Gasteiger partial charge in [0.2, 0.25) is 0 Å². The highest BCUT2D eigenvalue weighted by Gasteiger charge is 2.45. The van der Waals surface area contributed by atoms with Crippen molar-refractivity contribution < 1.29 is 14.7 Å². The molecule has 0 saturated carbocycles. The number of nitrogens with zero attached hydrogens (tertiary/aromatic N) is 4. The van der Waals surface area contributed by atoms with Gasteiger partial charge in [-0.2, -0.15) is 0 Å². The summed E-state index contributed by atoms with van der Waals surface area (Å²) in [5.74, 6) is 0. The molecule has 3 aliphatic rings. The molecule has 3 amide bonds. The summed E-state index contributed by atoms with van der Waals surface area (Å²) in [4.78, 5) is 42.5. The van der Waals surface area contributed by atoms with Crippen molar-refractivity contribution in [1.29, 1.82) is 0 Å². The number of benzene rings is 1. The molecule has 3 saturated heterocycles. The lowest BCUT2D eigenvalue weighted by molar-refractivity contribution is 0.113. The van der Waals surface area contributed by atoms with Gasteiger partial charge in [0, 0.05) is 68.7 Å². The maximum Gasteiger partial charge on any atom is 0.407 e. The van der Waals surface area contributed by atoms with Crippen molar-refractivity contribution >= 4 is 17.8 Å². The Hall–Kier alpha value is -3.49. The van der Waals surface area contributed by atoms with E-state index in [1.807, 2.05) is 6.92 Å². The van der Waals surface area contributed by atoms with Gasteiger partial charge in [-0.1, -0.05) is 37.3 Å². The summed E-state index contributed by atoms with van der Waals surface area (Å²) < 4.78 is 1.75. The molecule has 0 aliphatic carbocycles. The number of hydrogen-bond donors (Lipinski definition) is 2. The standard InChI is InChI=1S/C28H37N5O4/c1-3-27(22-7-5-4-6-8-22)9-12-31(19-27)23-17-21(2)33(24(34)18-23)16-15-32-20-28(29-25(32)35)10-13-30(14-11-28)26(36)37/h4-8,17-18H,3,9-16,19-20H2,1-2H3,(H,29,35)(H,36,37)/t27-/m1/s1. The Bertz CT molecular complexity index is 1220. The normalized spacial score (nSPS) is 23.1. The van der Waals surface area contributed by atoms with Gasteiger partial charge in [0.25, 0.3) is 5.56 Å². The van der Waals surface area contributed by atoms with E-state index in [2.05, 4.69) is 53.5 Å². The van der Waals surface area contributed by atoms with E-state index >= 15 is 0 Å². The monoisotopic (exact) mass is 507 g/mol. The number of amides is 3. The van der Waals surface area contributed by atoms with Gasteiger partial charge in [0.1, 0.15) is 0 Å². The number of carbonyl (C=O) groups excluding carboxylic acids is 1. The van der Waals surface area contributed by atoms with Crippen molar-refractivity contribution in [3.63, 3.8) is 0 Å². The van der Waals surface area contributed by atoms with Gasteiger partial charge in [0.15, 0.2) is 0 Å². The average Bonchev–Trinajstić information content (AvgIpc) is 3.46. The molecule has 0 unspecified atom stereocenters. The second-order valence-corrected chi connectivity index (χ2v) is 10.9. The minimum Gasteiger partial charge on any atom is -0.465 e. The molecule has 3 fully saturated rings. The van der Waals surface area contributed by atoms with Crippen molar-refractivity contribution in [3.8, 4) is 0 Å². The number of urea groups is 1. The number of anilines is 1. The Labute approximate surface area is 217 Å². The number of pyridine rings is 1. The third-order valence-electron chi connectivity index (χ3n) is 8.84. The third kappa shape index (κ3) is 4.79. The Morgan fingerprint density at radius 1 is 1.00 bits per heavy atom. The minimum absolute atomic E-state index is 0.0483. The van der Waals surface area contributed by atoms with Crippen LogP contribution in [0.25, 0.3) is 0 Å². The van der Waals surface area contributed by atoms with Gasteiger partial charge < -0.3 is 29.7 Å². The molecular formula is C28H37N5O4. The van der Waals surface area contributed by atoms with Crippen LogP contribution in [0.4, 0.5) is 15.3 Å². The molecule has 9 nitrogen and oxygen atoms in total. The molecule has 1 atom stereocenters. The first-order chi connectivity index (χ1) is 17.7. The van der Waals surface area contributed by atoms with Gasteiger partial charge in [0.05, 0.1) is 5.54 Å². The van der Waals surface area contributed by atoms with Crippen LogP contribution in [0.2, 0.25) is 0 Å². The molecule has 0 bridgehead atoms. The van der Waals surface area contributed by atoms with Crippen molar-refractivity contribution in [1.82, 2.24) is 19.7 Å². The Morgan fingerprint density at radius 2 is 1.73 bits per heavy atom. The fourth-order valence-corrected chi connectivity index (χ4v) is 6.39. The highest BCUT2D eigenvalue weighted by Crippen LogP contribution is 2.39. The zero-order valence-corrected chi connectivity index (χ0v) is 21.8. The van der Waals surface area contributed by atoms with Gasteiger partial charge in [-0.3, -0.25) is 4.79 Å². The first-order valence-electron chi connectivity index (χ1n) is 13.3. The van der Waals surface area contributed by atoms with Crippen molar-refractivity contribution in [2.24, 2.45) is 0 Å². The maximum absolute atomic E-state index is 13.2. The summed E-state index contributed by atoms with van der Waals surface area (Å²) in [5.41, 5.74) is 2.89. The van der Waals surface area contributed by atoms with Crippen LogP contribution in [-0.4, -0.2) is 76.4 Å². The summed E-state index contributed by atoms with van der Waals surface area (Å²) in [5, 5.41) is 12.3. The van der Waals surface area contributed by atoms with E-state index in [1.54, 1.807) is 15.5 Å². The first kappa shape index (κ1) is 25.2. The number of carbonyl (C=O) groups is 2. The second-order valence-electron chi connectivity index (χ2n) is 10.9. The van der Waals surface area contributed by atoms with Crippen LogP contribution in [0.3, 0.4) is 0 Å². The molecule has 0 radical (unpaired) electrons. The van der Waals surface area contributed by atoms with E-state index in [9.17, 15) is 19.5 Å². The van der Waals surface area contributed by atoms with E-state index < -0.39 is 6.09 Å². The maximum atomic E-state index is 13.2. The number of aromatic nitrogens is 1. The number of nitrogens with one attached hydrogen (secondary N) is 1. The highest BCUT2D eigenvalue weighted by atomic mass is 16.4. The highest BCUT2D eigenvalue weighted by molar-refractivity contribution is 5.78. The van der Waals surface area contributed by atoms with Gasteiger partial charge in [-0.15, -0.1) is 0 Å². The minimum atomic E-state index is -0.913. The lowest BCUT2D eigenvalue weighted by atomic mass is 9.77. The van der Waals surface area contributed by atoms with Crippen molar-refractivity contribution in [2.75, 3.05) is 44.2 Å². The number of carboxylic acid groups (broad SMARTS) is 1. The van der Waals surface area contributed by atoms with Gasteiger partial charge >= 0.3 is 12.1 Å². The molecule has 2 N–H and O–H groups in total. The number of likely N-dealkylation sites (tertiary alicyclic amines) is 1. The number of aryl methyl sites for hydroxylation is 1. The molecule has 198 valence electrons. The van der Waals surface area contributed by atoms with Crippen LogP contribution in [0.1, 0.15) is 43.9 Å². The van der Waals surface area contributed by atoms with Crippen LogP contribution < -0.4 is 15.8 Å². The Kier molecular flexibility index (Phi) is 6.64. The van der Waals surface area contributed by atoms with Gasteiger partial charge in [-0.05, 0) is 44.2 Å². The number of rotatable bonds is 6. The molecule has 2 aromatic rings. The van der Waals surface area contributed by atoms with Gasteiger partial charge in [-0.25, -0.2) is 9.59 Å². The molecule has 1 spiro atoms. The van der Waals surface area contributed by atoms with Crippen LogP contribution >= 0.6 is 0 Å².